The van der Waals surface area contributed by atoms with E-state index in [0.717, 1.165) is 44.7 Å². The summed E-state index contributed by atoms with van der Waals surface area (Å²) in [6.07, 6.45) is 6.51. The van der Waals surface area contributed by atoms with Crippen LogP contribution in [0.1, 0.15) is 32.1 Å². The Hall–Kier alpha value is -0.0800. The van der Waals surface area contributed by atoms with Crippen molar-refractivity contribution in [2.75, 3.05) is 46.9 Å². The van der Waals surface area contributed by atoms with Crippen LogP contribution in [0.4, 0.5) is 0 Å². The van der Waals surface area contributed by atoms with E-state index in [2.05, 4.69) is 20.5 Å². The zero-order valence-corrected chi connectivity index (χ0v) is 15.8. The van der Waals surface area contributed by atoms with Gasteiger partial charge in [-0.25, -0.2) is 0 Å². The second-order valence-corrected chi connectivity index (χ2v) is 5.98. The SMILES string of the molecule is CN=C(NCCC1CC1)NC1CCN(CCOC)CC1.I. The zero-order chi connectivity index (χ0) is 14.2. The van der Waals surface area contributed by atoms with E-state index in [1.165, 1.54) is 32.1 Å². The van der Waals surface area contributed by atoms with E-state index in [9.17, 15) is 0 Å². The average Bonchev–Trinajstić information content (AvgIpc) is 3.29. The summed E-state index contributed by atoms with van der Waals surface area (Å²) in [5, 5.41) is 7.00. The lowest BCUT2D eigenvalue weighted by Crippen LogP contribution is -2.49. The molecule has 0 aromatic rings. The number of nitrogens with one attached hydrogen (secondary N) is 2. The number of rotatable bonds is 7. The van der Waals surface area contributed by atoms with Crippen molar-refractivity contribution in [3.8, 4) is 0 Å². The van der Waals surface area contributed by atoms with Gasteiger partial charge in [-0.15, -0.1) is 24.0 Å². The van der Waals surface area contributed by atoms with E-state index in [1.807, 2.05) is 7.05 Å². The van der Waals surface area contributed by atoms with Crippen molar-refractivity contribution < 1.29 is 4.74 Å². The largest absolute Gasteiger partial charge is 0.383 e. The summed E-state index contributed by atoms with van der Waals surface area (Å²) < 4.78 is 5.14. The van der Waals surface area contributed by atoms with Crippen LogP contribution in [0.3, 0.4) is 0 Å². The summed E-state index contributed by atoms with van der Waals surface area (Å²) in [7, 11) is 3.63. The summed E-state index contributed by atoms with van der Waals surface area (Å²) in [6.45, 7) is 5.25. The minimum atomic E-state index is 0. The molecule has 0 amide bonds. The maximum Gasteiger partial charge on any atom is 0.191 e. The summed E-state index contributed by atoms with van der Waals surface area (Å²) in [4.78, 5) is 6.81. The highest BCUT2D eigenvalue weighted by atomic mass is 127. The van der Waals surface area contributed by atoms with Crippen LogP contribution < -0.4 is 10.6 Å². The molecule has 2 N–H and O–H groups in total. The van der Waals surface area contributed by atoms with Crippen LogP contribution in [0.2, 0.25) is 0 Å². The molecule has 0 aromatic carbocycles. The fourth-order valence-corrected chi connectivity index (χ4v) is 2.71. The van der Waals surface area contributed by atoms with Crippen LogP contribution in [0.25, 0.3) is 0 Å². The first kappa shape index (κ1) is 19.0. The van der Waals surface area contributed by atoms with Gasteiger partial charge in [0.15, 0.2) is 5.96 Å². The fraction of sp³-hybridized carbons (Fsp3) is 0.933. The molecular formula is C15H31IN4O. The number of piperidine rings is 1. The number of hydrogen-bond acceptors (Lipinski definition) is 3. The third-order valence-corrected chi connectivity index (χ3v) is 4.31. The van der Waals surface area contributed by atoms with E-state index in [0.29, 0.717) is 6.04 Å². The molecule has 5 nitrogen and oxygen atoms in total. The summed E-state index contributed by atoms with van der Waals surface area (Å²) >= 11 is 0. The van der Waals surface area contributed by atoms with E-state index < -0.39 is 0 Å². The first-order valence-corrected chi connectivity index (χ1v) is 8.00. The van der Waals surface area contributed by atoms with Crippen LogP contribution in [0.15, 0.2) is 4.99 Å². The van der Waals surface area contributed by atoms with Gasteiger partial charge < -0.3 is 20.3 Å². The quantitative estimate of drug-likeness (QED) is 0.381. The van der Waals surface area contributed by atoms with Gasteiger partial charge in [0.1, 0.15) is 0 Å². The van der Waals surface area contributed by atoms with Crippen LogP contribution in [0.5, 0.6) is 0 Å². The van der Waals surface area contributed by atoms with Gasteiger partial charge in [-0.3, -0.25) is 4.99 Å². The highest BCUT2D eigenvalue weighted by Gasteiger charge is 2.21. The van der Waals surface area contributed by atoms with Gasteiger partial charge in [0.05, 0.1) is 6.61 Å². The zero-order valence-electron chi connectivity index (χ0n) is 13.4. The van der Waals surface area contributed by atoms with Crippen LogP contribution in [-0.4, -0.2) is 63.8 Å². The highest BCUT2D eigenvalue weighted by molar-refractivity contribution is 14.0. The first-order valence-electron chi connectivity index (χ1n) is 8.00. The van der Waals surface area contributed by atoms with Crippen LogP contribution >= 0.6 is 24.0 Å². The van der Waals surface area contributed by atoms with Crippen molar-refractivity contribution >= 4 is 29.9 Å². The molecule has 1 saturated carbocycles. The first-order chi connectivity index (χ1) is 9.81. The smallest absolute Gasteiger partial charge is 0.191 e. The minimum Gasteiger partial charge on any atom is -0.383 e. The van der Waals surface area contributed by atoms with Gasteiger partial charge in [-0.1, -0.05) is 12.8 Å². The molecule has 0 atom stereocenters. The number of likely N-dealkylation sites (tertiary alicyclic amines) is 1. The molecule has 1 saturated heterocycles. The number of nitrogens with zero attached hydrogens (tertiary/aromatic N) is 2. The van der Waals surface area contributed by atoms with Gasteiger partial charge >= 0.3 is 0 Å². The normalized spacial score (nSPS) is 21.0. The highest BCUT2D eigenvalue weighted by Crippen LogP contribution is 2.31. The van der Waals surface area contributed by atoms with Crippen molar-refractivity contribution in [2.24, 2.45) is 10.9 Å². The molecule has 0 spiro atoms. The maximum absolute atomic E-state index is 5.14. The van der Waals surface area contributed by atoms with Crippen molar-refractivity contribution in [3.63, 3.8) is 0 Å². The van der Waals surface area contributed by atoms with E-state index in [4.69, 9.17) is 4.74 Å². The van der Waals surface area contributed by atoms with Gasteiger partial charge in [0.2, 0.25) is 0 Å². The van der Waals surface area contributed by atoms with E-state index in [1.54, 1.807) is 7.11 Å². The topological polar surface area (TPSA) is 48.9 Å². The van der Waals surface area contributed by atoms with E-state index >= 15 is 0 Å². The second-order valence-electron chi connectivity index (χ2n) is 5.98. The number of ether oxygens (including phenoxy) is 1. The Labute approximate surface area is 146 Å². The molecule has 124 valence electrons. The Bertz CT molecular complexity index is 302. The number of methoxy groups -OCH3 is 1. The molecule has 21 heavy (non-hydrogen) atoms. The van der Waals surface area contributed by atoms with E-state index in [-0.39, 0.29) is 24.0 Å². The molecule has 2 fully saturated rings. The molecule has 6 heteroatoms. The average molecular weight is 410 g/mol. The molecule has 1 aliphatic carbocycles. The third-order valence-electron chi connectivity index (χ3n) is 4.31. The van der Waals surface area contributed by atoms with Crippen molar-refractivity contribution in [2.45, 2.75) is 38.1 Å². The maximum atomic E-state index is 5.14. The summed E-state index contributed by atoms with van der Waals surface area (Å²) in [5.74, 6) is 1.95. The van der Waals surface area contributed by atoms with Crippen LogP contribution in [-0.2, 0) is 4.74 Å². The van der Waals surface area contributed by atoms with Gasteiger partial charge in [-0.05, 0) is 25.2 Å². The van der Waals surface area contributed by atoms with Gasteiger partial charge in [0.25, 0.3) is 0 Å². The van der Waals surface area contributed by atoms with Gasteiger partial charge in [-0.2, -0.15) is 0 Å². The molecule has 0 aromatic heterocycles. The molecule has 0 unspecified atom stereocenters. The lowest BCUT2D eigenvalue weighted by Gasteiger charge is -2.32. The standard InChI is InChI=1S/C15H30N4O.HI/c1-16-15(17-8-5-13-3-4-13)18-14-6-9-19(10-7-14)11-12-20-2;/h13-14H,3-12H2,1-2H3,(H2,16,17,18);1H. The van der Waals surface area contributed by atoms with Crippen LogP contribution in [0, 0.1) is 5.92 Å². The predicted octanol–water partition coefficient (Wildman–Crippen LogP) is 1.68. The Balaban J connectivity index is 0.00000220. The lowest BCUT2D eigenvalue weighted by molar-refractivity contribution is 0.128. The fourth-order valence-electron chi connectivity index (χ4n) is 2.71. The predicted molar refractivity (Wildman–Crippen MR) is 98.6 cm³/mol. The minimum absolute atomic E-state index is 0. The molecule has 2 rings (SSSR count). The number of halogens is 1. The summed E-state index contributed by atoms with van der Waals surface area (Å²) in [6, 6.07) is 0.556. The molecule has 2 aliphatic rings. The molecule has 1 heterocycles. The Morgan fingerprint density at radius 2 is 1.95 bits per heavy atom. The van der Waals surface area contributed by atoms with Crippen molar-refractivity contribution in [1.82, 2.24) is 15.5 Å². The Kier molecular flexibility index (Phi) is 9.59. The Morgan fingerprint density at radius 3 is 2.52 bits per heavy atom. The lowest BCUT2D eigenvalue weighted by atomic mass is 10.1. The number of aliphatic imine (C=N–C) groups is 1. The second kappa shape index (κ2) is 10.6. The number of hydrogen-bond donors (Lipinski definition) is 2. The van der Waals surface area contributed by atoms with Gasteiger partial charge in [0, 0.05) is 46.4 Å². The summed E-state index contributed by atoms with van der Waals surface area (Å²) in [5.41, 5.74) is 0. The molecule has 1 aliphatic heterocycles. The van der Waals surface area contributed by atoms with Crippen molar-refractivity contribution in [1.29, 1.82) is 0 Å². The number of guanidine groups is 1. The van der Waals surface area contributed by atoms with Crippen molar-refractivity contribution in [3.05, 3.63) is 0 Å². The Morgan fingerprint density at radius 1 is 1.24 bits per heavy atom. The third kappa shape index (κ3) is 7.65. The molecular weight excluding hydrogens is 379 g/mol. The molecule has 0 bridgehead atoms. The molecule has 0 radical (unpaired) electrons. The monoisotopic (exact) mass is 410 g/mol.